The van der Waals surface area contributed by atoms with Crippen LogP contribution in [0.4, 0.5) is 10.6 Å². The number of hydrogen-bond donors (Lipinski definition) is 2. The van der Waals surface area contributed by atoms with Gasteiger partial charge in [-0.3, -0.25) is 0 Å². The number of nitrogens with zero attached hydrogens (tertiary/aromatic N) is 2. The molecule has 1 saturated heterocycles. The minimum absolute atomic E-state index is 0.0166. The molecule has 6 heteroatoms. The molecule has 3 rings (SSSR count). The van der Waals surface area contributed by atoms with Crippen LogP contribution in [-0.4, -0.2) is 24.1 Å². The molecule has 2 amide bonds. The smallest absolute Gasteiger partial charge is 0.315 e. The third kappa shape index (κ3) is 5.45. The first-order valence-corrected chi connectivity index (χ1v) is 10.6. The van der Waals surface area contributed by atoms with Crippen LogP contribution in [0.25, 0.3) is 0 Å². The van der Waals surface area contributed by atoms with E-state index < -0.39 is 0 Å². The van der Waals surface area contributed by atoms with Gasteiger partial charge in [-0.25, -0.2) is 9.78 Å². The van der Waals surface area contributed by atoms with Gasteiger partial charge in [-0.1, -0.05) is 32.9 Å². The Hall–Kier alpha value is -2.08. The highest BCUT2D eigenvalue weighted by atomic mass is 32.1. The van der Waals surface area contributed by atoms with E-state index in [0.717, 1.165) is 24.5 Å². The maximum absolute atomic E-state index is 12.4. The number of anilines is 1. The fraction of sp³-hybridized carbons (Fsp3) is 0.524. The summed E-state index contributed by atoms with van der Waals surface area (Å²) in [6, 6.07) is 8.04. The van der Waals surface area contributed by atoms with E-state index in [1.54, 1.807) is 11.3 Å². The molecule has 1 aliphatic rings. The Balaban J connectivity index is 1.53. The van der Waals surface area contributed by atoms with Crippen molar-refractivity contribution in [3.05, 3.63) is 46.3 Å². The molecule has 0 aliphatic carbocycles. The highest BCUT2D eigenvalue weighted by Crippen LogP contribution is 2.34. The lowest BCUT2D eigenvalue weighted by atomic mass is 9.86. The Morgan fingerprint density at radius 3 is 2.59 bits per heavy atom. The van der Waals surface area contributed by atoms with Crippen molar-refractivity contribution in [1.82, 2.24) is 15.6 Å². The molecule has 5 nitrogen and oxygen atoms in total. The quantitative estimate of drug-likeness (QED) is 0.782. The number of thiophene rings is 1. The molecule has 0 radical (unpaired) electrons. The normalized spacial score (nSPS) is 16.0. The molecule has 3 heterocycles. The predicted octanol–water partition coefficient (Wildman–Crippen LogP) is 4.72. The van der Waals surface area contributed by atoms with Crippen molar-refractivity contribution in [2.75, 3.05) is 18.0 Å². The molecule has 146 valence electrons. The summed E-state index contributed by atoms with van der Waals surface area (Å²) in [5, 5.41) is 8.13. The highest BCUT2D eigenvalue weighted by molar-refractivity contribution is 7.10. The summed E-state index contributed by atoms with van der Waals surface area (Å²) in [4.78, 5) is 20.5. The van der Waals surface area contributed by atoms with Gasteiger partial charge < -0.3 is 15.5 Å². The minimum atomic E-state index is -0.150. The number of nitrogens with one attached hydrogen (secondary N) is 2. The Morgan fingerprint density at radius 2 is 2.00 bits per heavy atom. The molecular formula is C21H30N4OS. The van der Waals surface area contributed by atoms with E-state index in [-0.39, 0.29) is 17.5 Å². The van der Waals surface area contributed by atoms with Crippen molar-refractivity contribution in [2.45, 2.75) is 52.6 Å². The lowest BCUT2D eigenvalue weighted by molar-refractivity contribution is 0.219. The van der Waals surface area contributed by atoms with E-state index in [1.807, 2.05) is 17.6 Å². The zero-order valence-electron chi connectivity index (χ0n) is 16.5. The number of urea groups is 1. The van der Waals surface area contributed by atoms with E-state index in [4.69, 9.17) is 0 Å². The molecule has 0 bridgehead atoms. The van der Waals surface area contributed by atoms with Crippen molar-refractivity contribution in [3.63, 3.8) is 0 Å². The monoisotopic (exact) mass is 386 g/mol. The molecule has 27 heavy (non-hydrogen) atoms. The van der Waals surface area contributed by atoms with Gasteiger partial charge in [0.05, 0.1) is 6.04 Å². The summed E-state index contributed by atoms with van der Waals surface area (Å²) >= 11 is 1.67. The molecule has 0 aromatic carbocycles. The van der Waals surface area contributed by atoms with Gasteiger partial charge in [-0.15, -0.1) is 11.3 Å². The van der Waals surface area contributed by atoms with Crippen LogP contribution in [0.2, 0.25) is 0 Å². The summed E-state index contributed by atoms with van der Waals surface area (Å²) in [6.07, 6.45) is 5.66. The van der Waals surface area contributed by atoms with Crippen molar-refractivity contribution in [2.24, 2.45) is 5.41 Å². The summed E-state index contributed by atoms with van der Waals surface area (Å²) in [7, 11) is 0. The lowest BCUT2D eigenvalue weighted by Crippen LogP contribution is -2.42. The van der Waals surface area contributed by atoms with Gasteiger partial charge >= 0.3 is 6.03 Å². The van der Waals surface area contributed by atoms with E-state index in [2.05, 4.69) is 59.5 Å². The Kier molecular flexibility index (Phi) is 6.37. The molecule has 2 aromatic heterocycles. The van der Waals surface area contributed by atoms with Gasteiger partial charge in [0.25, 0.3) is 0 Å². The second kappa shape index (κ2) is 8.74. The van der Waals surface area contributed by atoms with E-state index in [9.17, 15) is 4.79 Å². The number of rotatable bonds is 5. The van der Waals surface area contributed by atoms with Gasteiger partial charge in [-0.2, -0.15) is 0 Å². The zero-order valence-corrected chi connectivity index (χ0v) is 17.3. The second-order valence-electron chi connectivity index (χ2n) is 8.21. The van der Waals surface area contributed by atoms with Gasteiger partial charge in [0.15, 0.2) is 0 Å². The van der Waals surface area contributed by atoms with Crippen molar-refractivity contribution < 1.29 is 4.79 Å². The zero-order chi connectivity index (χ0) is 19.3. The Labute approximate surface area is 166 Å². The molecule has 0 saturated carbocycles. The Bertz CT molecular complexity index is 716. The lowest BCUT2D eigenvalue weighted by Gasteiger charge is -2.30. The first-order valence-electron chi connectivity index (χ1n) is 9.71. The molecular weight excluding hydrogens is 356 g/mol. The van der Waals surface area contributed by atoms with Crippen molar-refractivity contribution in [1.29, 1.82) is 0 Å². The van der Waals surface area contributed by atoms with Gasteiger partial charge in [-0.05, 0) is 47.8 Å². The predicted molar refractivity (Wildman–Crippen MR) is 112 cm³/mol. The molecule has 2 aromatic rings. The summed E-state index contributed by atoms with van der Waals surface area (Å²) in [5.41, 5.74) is 0.953. The summed E-state index contributed by atoms with van der Waals surface area (Å²) in [5.74, 6) is 1.04. The number of aromatic nitrogens is 1. The third-order valence-corrected chi connectivity index (χ3v) is 5.85. The summed E-state index contributed by atoms with van der Waals surface area (Å²) < 4.78 is 0. The highest BCUT2D eigenvalue weighted by Gasteiger charge is 2.28. The molecule has 1 aliphatic heterocycles. The van der Waals surface area contributed by atoms with Crippen LogP contribution in [0, 0.1) is 5.41 Å². The van der Waals surface area contributed by atoms with E-state index in [0.29, 0.717) is 6.54 Å². The molecule has 2 N–H and O–H groups in total. The molecule has 1 fully saturated rings. The largest absolute Gasteiger partial charge is 0.357 e. The van der Waals surface area contributed by atoms with Crippen LogP contribution in [0.1, 0.15) is 56.5 Å². The second-order valence-corrected chi connectivity index (χ2v) is 9.19. The molecule has 0 spiro atoms. The molecule has 1 atom stereocenters. The topological polar surface area (TPSA) is 57.3 Å². The maximum Gasteiger partial charge on any atom is 0.315 e. The standard InChI is InChI=1S/C21H30N4OS/c1-21(2,3)19(17-8-7-13-27-17)24-20(26)23-15-16-9-10-18(22-14-16)25-11-5-4-6-12-25/h7-10,13-14,19H,4-6,11-12,15H2,1-3H3,(H2,23,24,26)/t19-/m1/s1. The fourth-order valence-corrected chi connectivity index (χ4v) is 4.39. The average Bonchev–Trinajstić information content (AvgIpc) is 3.19. The number of pyridine rings is 1. The van der Waals surface area contributed by atoms with Crippen LogP contribution in [0.5, 0.6) is 0 Å². The number of piperidine rings is 1. The van der Waals surface area contributed by atoms with Crippen LogP contribution in [-0.2, 0) is 6.54 Å². The van der Waals surface area contributed by atoms with E-state index in [1.165, 1.54) is 24.1 Å². The fourth-order valence-electron chi connectivity index (χ4n) is 3.37. The average molecular weight is 387 g/mol. The van der Waals surface area contributed by atoms with E-state index >= 15 is 0 Å². The van der Waals surface area contributed by atoms with Gasteiger partial charge in [0.1, 0.15) is 5.82 Å². The maximum atomic E-state index is 12.4. The minimum Gasteiger partial charge on any atom is -0.357 e. The van der Waals surface area contributed by atoms with Crippen LogP contribution < -0.4 is 15.5 Å². The van der Waals surface area contributed by atoms with Crippen LogP contribution in [0.3, 0.4) is 0 Å². The SMILES string of the molecule is CC(C)(C)[C@H](NC(=O)NCc1ccc(N2CCCCC2)nc1)c1cccs1. The first kappa shape index (κ1) is 19.7. The van der Waals surface area contributed by atoms with Gasteiger partial charge in [0.2, 0.25) is 0 Å². The number of amides is 2. The van der Waals surface area contributed by atoms with Gasteiger partial charge in [0, 0.05) is 30.7 Å². The number of carbonyl (C=O) groups is 1. The van der Waals surface area contributed by atoms with Crippen LogP contribution >= 0.6 is 11.3 Å². The van der Waals surface area contributed by atoms with Crippen molar-refractivity contribution in [3.8, 4) is 0 Å². The number of hydrogen-bond acceptors (Lipinski definition) is 4. The van der Waals surface area contributed by atoms with Crippen LogP contribution in [0.15, 0.2) is 35.8 Å². The summed E-state index contributed by atoms with van der Waals surface area (Å²) in [6.45, 7) is 9.07. The third-order valence-electron chi connectivity index (χ3n) is 4.91. The Morgan fingerprint density at radius 1 is 1.22 bits per heavy atom. The molecule has 0 unspecified atom stereocenters. The first-order chi connectivity index (χ1) is 12.9. The number of carbonyl (C=O) groups excluding carboxylic acids is 1. The van der Waals surface area contributed by atoms with Crippen molar-refractivity contribution >= 4 is 23.2 Å².